The number of fused-ring (bicyclic) bond motifs is 1. The van der Waals surface area contributed by atoms with Crippen LogP contribution in [0.5, 0.6) is 0 Å². The number of rotatable bonds is 9. The lowest BCUT2D eigenvalue weighted by Gasteiger charge is -2.51. The van der Waals surface area contributed by atoms with Crippen LogP contribution in [0.1, 0.15) is 77.6 Å². The van der Waals surface area contributed by atoms with Gasteiger partial charge in [-0.2, -0.15) is 0 Å². The molecular formula is C35H43NO10. The van der Waals surface area contributed by atoms with E-state index >= 15 is 4.79 Å². The van der Waals surface area contributed by atoms with Crippen molar-refractivity contribution in [1.29, 1.82) is 0 Å². The van der Waals surface area contributed by atoms with Gasteiger partial charge in [0.25, 0.3) is 0 Å². The summed E-state index contributed by atoms with van der Waals surface area (Å²) in [6.45, 7) is 14.1. The summed E-state index contributed by atoms with van der Waals surface area (Å²) >= 11 is 0. The van der Waals surface area contributed by atoms with Crippen molar-refractivity contribution in [3.63, 3.8) is 0 Å². The minimum atomic E-state index is -1.88. The van der Waals surface area contributed by atoms with Crippen LogP contribution in [0.2, 0.25) is 0 Å². The van der Waals surface area contributed by atoms with Gasteiger partial charge in [-0.05, 0) is 44.4 Å². The second kappa shape index (κ2) is 12.4. The Hall–Kier alpha value is -3.86. The molecule has 2 bridgehead atoms. The van der Waals surface area contributed by atoms with E-state index in [-0.39, 0.29) is 31.4 Å². The molecule has 1 saturated heterocycles. The lowest BCUT2D eigenvalue weighted by molar-refractivity contribution is -0.210. The fourth-order valence-corrected chi connectivity index (χ4v) is 8.50. The van der Waals surface area contributed by atoms with E-state index in [2.05, 4.69) is 11.6 Å². The van der Waals surface area contributed by atoms with Gasteiger partial charge in [-0.15, -0.1) is 0 Å². The van der Waals surface area contributed by atoms with Gasteiger partial charge in [-0.25, -0.2) is 4.79 Å². The van der Waals surface area contributed by atoms with Gasteiger partial charge in [-0.1, -0.05) is 39.0 Å². The van der Waals surface area contributed by atoms with E-state index in [4.69, 9.17) is 23.7 Å². The highest BCUT2D eigenvalue weighted by molar-refractivity contribution is 5.98. The highest BCUT2D eigenvalue weighted by Crippen LogP contribution is 2.67. The van der Waals surface area contributed by atoms with Crippen LogP contribution >= 0.6 is 0 Å². The molecule has 248 valence electrons. The minimum absolute atomic E-state index is 0.00732. The van der Waals surface area contributed by atoms with Crippen LogP contribution in [0.15, 0.2) is 48.8 Å². The number of pyridine rings is 1. The molecule has 4 aliphatic rings. The Labute approximate surface area is 269 Å². The van der Waals surface area contributed by atoms with Crippen molar-refractivity contribution in [3.05, 3.63) is 54.4 Å². The van der Waals surface area contributed by atoms with Crippen molar-refractivity contribution < 1.29 is 47.7 Å². The number of nitrogens with zero attached hydrogens (tertiary/aromatic N) is 1. The predicted octanol–water partition coefficient (Wildman–Crippen LogP) is 4.33. The van der Waals surface area contributed by atoms with Crippen LogP contribution in [-0.4, -0.2) is 70.8 Å². The van der Waals surface area contributed by atoms with E-state index in [1.165, 1.54) is 19.3 Å². The zero-order valence-electron chi connectivity index (χ0n) is 27.3. The normalized spacial score (nSPS) is 37.3. The molecule has 1 aromatic heterocycles. The number of esters is 4. The van der Waals surface area contributed by atoms with Crippen molar-refractivity contribution in [2.75, 3.05) is 6.61 Å². The molecule has 11 nitrogen and oxygen atoms in total. The summed E-state index contributed by atoms with van der Waals surface area (Å²) < 4.78 is 31.3. The quantitative estimate of drug-likeness (QED) is 0.217. The molecule has 3 fully saturated rings. The predicted molar refractivity (Wildman–Crippen MR) is 163 cm³/mol. The van der Waals surface area contributed by atoms with E-state index in [0.717, 1.165) is 0 Å². The third-order valence-corrected chi connectivity index (χ3v) is 10.2. The zero-order chi connectivity index (χ0) is 33.6. The lowest BCUT2D eigenvalue weighted by atomic mass is 9.55. The largest absolute Gasteiger partial charge is 0.461 e. The van der Waals surface area contributed by atoms with E-state index in [9.17, 15) is 19.2 Å². The molecule has 1 aromatic rings. The van der Waals surface area contributed by atoms with Gasteiger partial charge in [0.1, 0.15) is 23.9 Å². The average Bonchev–Trinajstić information content (AvgIpc) is 3.46. The Balaban J connectivity index is 1.79. The standard InChI is InChI=1S/C35H43NO10/c1-8-11-26(39)44-28-20(5)16-35(46-21(6)37)27(28)30(45-25(38)9-2)34-18-42-33(7,32(35)41)29(34)23(19(3)4)13-14-24(34)43-31(40)22-12-10-15-36-17-22/h10,12-15,17,20,23-24,27-30H,3,8-9,11,16,18H2,1-2,4-7H3/t20-,23+,24+,27+,28-,29-,30+,33+,34+,35+/m0/s1. The first-order valence-corrected chi connectivity index (χ1v) is 16.0. The summed E-state index contributed by atoms with van der Waals surface area (Å²) in [6, 6.07) is 3.18. The third-order valence-electron chi connectivity index (χ3n) is 10.2. The fourth-order valence-electron chi connectivity index (χ4n) is 8.50. The summed E-state index contributed by atoms with van der Waals surface area (Å²) in [4.78, 5) is 72.1. The molecular weight excluding hydrogens is 594 g/mol. The molecule has 0 aromatic carbocycles. The molecule has 0 radical (unpaired) electrons. The molecule has 0 unspecified atom stereocenters. The van der Waals surface area contributed by atoms with Gasteiger partial charge in [0.15, 0.2) is 5.60 Å². The summed E-state index contributed by atoms with van der Waals surface area (Å²) in [6.07, 6.45) is 3.85. The second-order valence-corrected chi connectivity index (χ2v) is 13.3. The summed E-state index contributed by atoms with van der Waals surface area (Å²) in [7, 11) is 0. The Bertz CT molecular complexity index is 1460. The topological polar surface area (TPSA) is 144 Å². The van der Waals surface area contributed by atoms with Crippen LogP contribution < -0.4 is 0 Å². The maximum Gasteiger partial charge on any atom is 0.340 e. The van der Waals surface area contributed by atoms with Crippen molar-refractivity contribution in [2.24, 2.45) is 29.1 Å². The van der Waals surface area contributed by atoms with Gasteiger partial charge < -0.3 is 23.7 Å². The zero-order valence-corrected chi connectivity index (χ0v) is 27.3. The number of carbonyl (C=O) groups is 5. The molecule has 0 amide bonds. The maximum atomic E-state index is 15.2. The van der Waals surface area contributed by atoms with Crippen LogP contribution in [0, 0.1) is 29.1 Å². The van der Waals surface area contributed by atoms with Gasteiger partial charge in [0, 0.05) is 50.4 Å². The molecule has 1 aliphatic heterocycles. The molecule has 2 saturated carbocycles. The molecule has 0 spiro atoms. The van der Waals surface area contributed by atoms with Crippen LogP contribution in [0.4, 0.5) is 0 Å². The molecule has 2 heterocycles. The average molecular weight is 638 g/mol. The van der Waals surface area contributed by atoms with Crippen molar-refractivity contribution in [2.45, 2.75) is 96.7 Å². The Morgan fingerprint density at radius 2 is 1.83 bits per heavy atom. The van der Waals surface area contributed by atoms with E-state index < -0.39 is 88.3 Å². The maximum absolute atomic E-state index is 15.2. The van der Waals surface area contributed by atoms with Gasteiger partial charge >= 0.3 is 23.9 Å². The van der Waals surface area contributed by atoms with E-state index in [1.54, 1.807) is 32.1 Å². The molecule has 0 N–H and O–H groups in total. The van der Waals surface area contributed by atoms with Crippen molar-refractivity contribution in [1.82, 2.24) is 4.98 Å². The van der Waals surface area contributed by atoms with Crippen LogP contribution in [0.25, 0.3) is 0 Å². The van der Waals surface area contributed by atoms with E-state index in [1.807, 2.05) is 26.8 Å². The van der Waals surface area contributed by atoms with Gasteiger partial charge in [-0.3, -0.25) is 24.2 Å². The van der Waals surface area contributed by atoms with Crippen molar-refractivity contribution >= 4 is 29.7 Å². The van der Waals surface area contributed by atoms with Crippen LogP contribution in [-0.2, 0) is 42.9 Å². The highest BCUT2D eigenvalue weighted by atomic mass is 16.6. The van der Waals surface area contributed by atoms with Crippen LogP contribution in [0.3, 0.4) is 0 Å². The number of carbonyl (C=O) groups excluding carboxylic acids is 5. The first kappa shape index (κ1) is 33.5. The first-order chi connectivity index (χ1) is 21.8. The van der Waals surface area contributed by atoms with E-state index in [0.29, 0.717) is 12.0 Å². The molecule has 3 aliphatic carbocycles. The van der Waals surface area contributed by atoms with Gasteiger partial charge in [0.05, 0.1) is 23.5 Å². The lowest BCUT2D eigenvalue weighted by Crippen LogP contribution is -2.62. The SMILES string of the molecule is C=C(C)[C@H]1C=C[C@@H](OC(=O)c2cccnc2)[C@@]23CO[C@@](C)(C(=O)[C@@]4(OC(C)=O)C[C@H](C)[C@H](OC(=O)CCC)[C@@H]4[C@H]2OC(=O)CC)[C@H]13. The Morgan fingerprint density at radius 1 is 1.09 bits per heavy atom. The summed E-state index contributed by atoms with van der Waals surface area (Å²) in [5, 5.41) is 0. The summed E-state index contributed by atoms with van der Waals surface area (Å²) in [5.41, 5.74) is -3.94. The van der Waals surface area contributed by atoms with Gasteiger partial charge in [0.2, 0.25) is 5.78 Å². The Kier molecular flexibility index (Phi) is 9.02. The number of ketones is 1. The number of ether oxygens (including phenoxy) is 5. The first-order valence-electron chi connectivity index (χ1n) is 16.0. The molecule has 11 heteroatoms. The number of aromatic nitrogens is 1. The monoisotopic (exact) mass is 637 g/mol. The highest BCUT2D eigenvalue weighted by Gasteiger charge is 2.81. The molecule has 46 heavy (non-hydrogen) atoms. The number of hydrogen-bond acceptors (Lipinski definition) is 11. The number of allylic oxidation sites excluding steroid dienone is 2. The number of Topliss-reactive ketones (excluding diaryl/α,β-unsaturated/α-hetero) is 1. The molecule has 10 atom stereocenters. The Morgan fingerprint density at radius 3 is 2.43 bits per heavy atom. The second-order valence-electron chi connectivity index (χ2n) is 13.3. The smallest absolute Gasteiger partial charge is 0.340 e. The summed E-state index contributed by atoms with van der Waals surface area (Å²) in [5.74, 6) is -5.82. The minimum Gasteiger partial charge on any atom is -0.461 e. The molecule has 5 rings (SSSR count). The van der Waals surface area contributed by atoms with Crippen molar-refractivity contribution in [3.8, 4) is 0 Å². The number of hydrogen-bond donors (Lipinski definition) is 0. The third kappa shape index (κ3) is 5.16. The fraction of sp³-hybridized carbons (Fsp3) is 0.600.